The zero-order chi connectivity index (χ0) is 27.7. The van der Waals surface area contributed by atoms with Crippen LogP contribution < -0.4 is 15.9 Å². The number of nitrogen functional groups attached to an aromatic ring is 1. The minimum absolute atomic E-state index is 0.0869. The first-order valence-electron chi connectivity index (χ1n) is 13.5. The summed E-state index contributed by atoms with van der Waals surface area (Å²) in [5, 5.41) is 11.1. The Kier molecular flexibility index (Phi) is 5.73. The maximum Gasteiger partial charge on any atom is 0.341 e. The number of aryl methyl sites for hydroxylation is 1. The molecule has 6 rings (SSSR count). The second-order valence-electron chi connectivity index (χ2n) is 12.0. The van der Waals surface area contributed by atoms with Crippen molar-refractivity contribution in [1.82, 2.24) is 4.98 Å². The van der Waals surface area contributed by atoms with Gasteiger partial charge < -0.3 is 29.5 Å². The molecule has 1 saturated carbocycles. The molecular formula is C30H34N2O7. The predicted octanol–water partition coefficient (Wildman–Crippen LogP) is 4.47. The van der Waals surface area contributed by atoms with E-state index in [0.29, 0.717) is 29.3 Å². The van der Waals surface area contributed by atoms with Crippen molar-refractivity contribution in [2.45, 2.75) is 95.0 Å². The van der Waals surface area contributed by atoms with E-state index < -0.39 is 23.3 Å². The Labute approximate surface area is 226 Å². The predicted molar refractivity (Wildman–Crippen MR) is 144 cm³/mol. The van der Waals surface area contributed by atoms with Crippen molar-refractivity contribution in [2.24, 2.45) is 0 Å². The molecule has 39 heavy (non-hydrogen) atoms. The molecule has 3 N–H and O–H groups in total. The zero-order valence-electron chi connectivity index (χ0n) is 22.7. The van der Waals surface area contributed by atoms with E-state index in [1.54, 1.807) is 26.1 Å². The second kappa shape index (κ2) is 8.71. The first-order chi connectivity index (χ1) is 18.4. The van der Waals surface area contributed by atoms with Crippen molar-refractivity contribution in [1.29, 1.82) is 0 Å². The van der Waals surface area contributed by atoms with Crippen molar-refractivity contribution in [3.8, 4) is 11.5 Å². The number of aromatic nitrogens is 1. The molecule has 9 nitrogen and oxygen atoms in total. The molecule has 0 amide bonds. The number of ether oxygens (including phenoxy) is 3. The number of nitrogens with two attached hydrogens (primary N) is 1. The molecule has 1 aliphatic carbocycles. The molecule has 206 valence electrons. The van der Waals surface area contributed by atoms with Gasteiger partial charge in [-0.25, -0.2) is 9.78 Å². The highest BCUT2D eigenvalue weighted by molar-refractivity contribution is 5.87. The van der Waals surface area contributed by atoms with Crippen molar-refractivity contribution < 1.29 is 28.5 Å². The zero-order valence-corrected chi connectivity index (χ0v) is 22.7. The molecule has 0 spiro atoms. The van der Waals surface area contributed by atoms with Crippen LogP contribution in [0.15, 0.2) is 39.7 Å². The number of rotatable bonds is 5. The standard InChI is InChI=1S/C30H34N2O7/c1-16-11-19(33)25-21(36-16)14-20-18(26(25)34)13-22(28(2,3)38-20)37-27(35)29(4)23(39-29)15-30(8-5-6-9-30)17-7-10-32-24(31)12-17/h7,10-12,14,22-23,34H,5-6,8-9,13,15H2,1-4H3,(H2,31,32)/t22-,23-,29+/m1/s1. The van der Waals surface area contributed by atoms with Gasteiger partial charge in [0.15, 0.2) is 11.0 Å². The molecule has 3 aliphatic rings. The van der Waals surface area contributed by atoms with E-state index in [2.05, 4.69) is 4.98 Å². The fourth-order valence-corrected chi connectivity index (χ4v) is 6.41. The summed E-state index contributed by atoms with van der Waals surface area (Å²) in [6.07, 6.45) is 5.84. The summed E-state index contributed by atoms with van der Waals surface area (Å²) in [5.74, 6) is 0.654. The third kappa shape index (κ3) is 4.23. The van der Waals surface area contributed by atoms with Gasteiger partial charge in [0.05, 0.1) is 6.10 Å². The van der Waals surface area contributed by atoms with E-state index in [0.717, 1.165) is 31.2 Å². The van der Waals surface area contributed by atoms with Crippen LogP contribution in [-0.2, 0) is 26.1 Å². The van der Waals surface area contributed by atoms with Crippen molar-refractivity contribution >= 4 is 22.8 Å². The second-order valence-corrected chi connectivity index (χ2v) is 12.0. The van der Waals surface area contributed by atoms with Crippen molar-refractivity contribution in [3.63, 3.8) is 0 Å². The molecule has 2 aromatic heterocycles. The lowest BCUT2D eigenvalue weighted by Gasteiger charge is -2.39. The van der Waals surface area contributed by atoms with Crippen molar-refractivity contribution in [2.75, 3.05) is 5.73 Å². The molecule has 2 aliphatic heterocycles. The molecule has 0 radical (unpaired) electrons. The first kappa shape index (κ1) is 25.7. The Bertz CT molecular complexity index is 1540. The number of hydrogen-bond acceptors (Lipinski definition) is 9. The van der Waals surface area contributed by atoms with Gasteiger partial charge in [-0.1, -0.05) is 12.8 Å². The average molecular weight is 535 g/mol. The summed E-state index contributed by atoms with van der Waals surface area (Å²) < 4.78 is 23.9. The molecule has 3 atom stereocenters. The number of phenols is 1. The highest BCUT2D eigenvalue weighted by Gasteiger charge is 2.63. The number of carbonyl (C=O) groups is 1. The normalized spacial score (nSPS) is 26.6. The van der Waals surface area contributed by atoms with Crippen LogP contribution in [-0.4, -0.2) is 39.5 Å². The summed E-state index contributed by atoms with van der Waals surface area (Å²) in [6.45, 7) is 7.10. The first-order valence-corrected chi connectivity index (χ1v) is 13.5. The van der Waals surface area contributed by atoms with Crippen LogP contribution in [0, 0.1) is 6.92 Å². The largest absolute Gasteiger partial charge is 0.507 e. The number of carbonyl (C=O) groups excluding carboxylic acids is 1. The van der Waals surface area contributed by atoms with Crippen LogP contribution in [0.2, 0.25) is 0 Å². The number of aromatic hydroxyl groups is 1. The topological polar surface area (TPSA) is 137 Å². The molecule has 4 heterocycles. The fraction of sp³-hybridized carbons (Fsp3) is 0.500. The van der Waals surface area contributed by atoms with Crippen molar-refractivity contribution in [3.05, 3.63) is 57.6 Å². The summed E-state index contributed by atoms with van der Waals surface area (Å²) >= 11 is 0. The molecule has 1 aromatic carbocycles. The van der Waals surface area contributed by atoms with Gasteiger partial charge in [0.1, 0.15) is 45.8 Å². The Hall–Kier alpha value is -3.59. The lowest BCUT2D eigenvalue weighted by atomic mass is 9.74. The van der Waals surface area contributed by atoms with Crippen LogP contribution >= 0.6 is 0 Å². The number of benzene rings is 1. The maximum absolute atomic E-state index is 13.5. The van der Waals surface area contributed by atoms with Gasteiger partial charge >= 0.3 is 5.97 Å². The number of pyridine rings is 1. The third-order valence-corrected chi connectivity index (χ3v) is 8.85. The number of hydrogen-bond donors (Lipinski definition) is 2. The minimum atomic E-state index is -1.07. The van der Waals surface area contributed by atoms with Gasteiger partial charge in [-0.2, -0.15) is 0 Å². The SMILES string of the molecule is Cc1cc(=O)c2c(O)c3c(cc2o1)OC(C)(C)[C@H](OC(=O)[C@@]1(C)O[C@@H]1CC1(c2ccnc(N)c2)CCCC1)C3. The monoisotopic (exact) mass is 534 g/mol. The van der Waals surface area contributed by atoms with Gasteiger partial charge in [0, 0.05) is 30.3 Å². The van der Waals surface area contributed by atoms with Crippen LogP contribution in [0.4, 0.5) is 5.82 Å². The molecule has 0 unspecified atom stereocenters. The summed E-state index contributed by atoms with van der Waals surface area (Å²) in [5.41, 5.74) is 5.36. The van der Waals surface area contributed by atoms with Crippen LogP contribution in [0.5, 0.6) is 11.5 Å². The molecule has 2 fully saturated rings. The fourth-order valence-electron chi connectivity index (χ4n) is 6.41. The van der Waals surface area contributed by atoms with Gasteiger partial charge in [0.2, 0.25) is 0 Å². The number of phenolic OH excluding ortho intramolecular Hbond substituents is 1. The van der Waals surface area contributed by atoms with Crippen LogP contribution in [0.25, 0.3) is 11.0 Å². The number of nitrogens with zero attached hydrogens (tertiary/aromatic N) is 1. The van der Waals surface area contributed by atoms with E-state index in [-0.39, 0.29) is 40.1 Å². The Balaban J connectivity index is 1.22. The van der Waals surface area contributed by atoms with E-state index in [4.69, 9.17) is 24.4 Å². The smallest absolute Gasteiger partial charge is 0.341 e. The Morgan fingerprint density at radius 1 is 1.21 bits per heavy atom. The quantitative estimate of drug-likeness (QED) is 0.359. The van der Waals surface area contributed by atoms with E-state index in [1.807, 2.05) is 26.0 Å². The lowest BCUT2D eigenvalue weighted by molar-refractivity contribution is -0.167. The highest BCUT2D eigenvalue weighted by Crippen LogP contribution is 2.52. The van der Waals surface area contributed by atoms with E-state index in [9.17, 15) is 14.7 Å². The van der Waals surface area contributed by atoms with Crippen LogP contribution in [0.1, 0.15) is 69.8 Å². The van der Waals surface area contributed by atoms with E-state index in [1.165, 1.54) is 6.07 Å². The summed E-state index contributed by atoms with van der Waals surface area (Å²) in [7, 11) is 0. The highest BCUT2D eigenvalue weighted by atomic mass is 16.7. The molecule has 9 heteroatoms. The molecule has 0 bridgehead atoms. The lowest BCUT2D eigenvalue weighted by Crippen LogP contribution is -2.50. The van der Waals surface area contributed by atoms with Gasteiger partial charge in [-0.05, 0) is 70.1 Å². The minimum Gasteiger partial charge on any atom is -0.507 e. The molecule has 1 saturated heterocycles. The maximum atomic E-state index is 13.5. The number of fused-ring (bicyclic) bond motifs is 2. The van der Waals surface area contributed by atoms with E-state index >= 15 is 0 Å². The molecular weight excluding hydrogens is 500 g/mol. The Morgan fingerprint density at radius 2 is 1.95 bits per heavy atom. The number of anilines is 1. The Morgan fingerprint density at radius 3 is 2.67 bits per heavy atom. The van der Waals surface area contributed by atoms with Gasteiger partial charge in [0.25, 0.3) is 0 Å². The average Bonchev–Trinajstić information content (AvgIpc) is 3.27. The summed E-state index contributed by atoms with van der Waals surface area (Å²) in [4.78, 5) is 30.2. The third-order valence-electron chi connectivity index (χ3n) is 8.85. The number of epoxide rings is 1. The van der Waals surface area contributed by atoms with Crippen LogP contribution in [0.3, 0.4) is 0 Å². The van der Waals surface area contributed by atoms with Gasteiger partial charge in [-0.15, -0.1) is 0 Å². The number of esters is 1. The van der Waals surface area contributed by atoms with Gasteiger partial charge in [-0.3, -0.25) is 4.79 Å². The summed E-state index contributed by atoms with van der Waals surface area (Å²) in [6, 6.07) is 6.90. The molecule has 3 aromatic rings.